The Balaban J connectivity index is 2.43. The zero-order valence-corrected chi connectivity index (χ0v) is 17.2. The van der Waals surface area contributed by atoms with Gasteiger partial charge in [0.05, 0.1) is 0 Å². The molecule has 2 aromatic carbocycles. The highest BCUT2D eigenvalue weighted by molar-refractivity contribution is 9.10. The van der Waals surface area contributed by atoms with Crippen LogP contribution in [0.3, 0.4) is 0 Å². The van der Waals surface area contributed by atoms with Crippen molar-refractivity contribution in [3.05, 3.63) is 68.7 Å². The molecule has 0 aliphatic carbocycles. The molecule has 2 rings (SSSR count). The van der Waals surface area contributed by atoms with Crippen molar-refractivity contribution in [2.75, 3.05) is 10.7 Å². The molecular formula is C17H16Br3Cl. The summed E-state index contributed by atoms with van der Waals surface area (Å²) in [6, 6.07) is 14.8. The van der Waals surface area contributed by atoms with Crippen LogP contribution in [0.2, 0.25) is 5.02 Å². The average molecular weight is 495 g/mol. The lowest BCUT2D eigenvalue weighted by molar-refractivity contribution is 0.551. The first-order valence-corrected chi connectivity index (χ1v) is 10.1. The van der Waals surface area contributed by atoms with Gasteiger partial charge < -0.3 is 0 Å². The Bertz CT molecular complexity index is 621. The van der Waals surface area contributed by atoms with Crippen LogP contribution >= 0.6 is 59.4 Å². The first-order chi connectivity index (χ1) is 10.0. The Labute approximate surface area is 156 Å². The van der Waals surface area contributed by atoms with E-state index in [0.717, 1.165) is 26.6 Å². The van der Waals surface area contributed by atoms with E-state index in [1.807, 2.05) is 6.07 Å². The molecule has 0 amide bonds. The second-order valence-electron chi connectivity index (χ2n) is 5.33. The van der Waals surface area contributed by atoms with Gasteiger partial charge in [0, 0.05) is 25.6 Å². The zero-order valence-electron chi connectivity index (χ0n) is 11.7. The van der Waals surface area contributed by atoms with E-state index in [9.17, 15) is 0 Å². The number of alkyl halides is 2. The highest BCUT2D eigenvalue weighted by atomic mass is 79.9. The summed E-state index contributed by atoms with van der Waals surface area (Å²) in [5.41, 5.74) is 3.64. The van der Waals surface area contributed by atoms with E-state index in [1.54, 1.807) is 0 Å². The minimum absolute atomic E-state index is 0.0251. The molecule has 0 N–H and O–H groups in total. The first kappa shape index (κ1) is 17.5. The molecule has 0 saturated heterocycles. The highest BCUT2D eigenvalue weighted by Gasteiger charge is 2.31. The summed E-state index contributed by atoms with van der Waals surface area (Å²) in [6.07, 6.45) is 0.888. The summed E-state index contributed by atoms with van der Waals surface area (Å²) >= 11 is 17.4. The van der Waals surface area contributed by atoms with Crippen molar-refractivity contribution in [2.24, 2.45) is 0 Å². The van der Waals surface area contributed by atoms with Gasteiger partial charge in [-0.15, -0.1) is 0 Å². The van der Waals surface area contributed by atoms with E-state index in [-0.39, 0.29) is 5.41 Å². The Morgan fingerprint density at radius 2 is 1.76 bits per heavy atom. The molecule has 0 spiro atoms. The van der Waals surface area contributed by atoms with E-state index in [4.69, 9.17) is 11.6 Å². The normalized spacial score (nSPS) is 11.7. The maximum absolute atomic E-state index is 6.43. The lowest BCUT2D eigenvalue weighted by Gasteiger charge is -2.31. The second-order valence-corrected chi connectivity index (χ2v) is 7.77. The van der Waals surface area contributed by atoms with Crippen LogP contribution in [0.1, 0.15) is 16.7 Å². The molecule has 2 aromatic rings. The summed E-state index contributed by atoms with van der Waals surface area (Å²) in [5, 5.41) is 2.58. The second kappa shape index (κ2) is 7.63. The fourth-order valence-corrected chi connectivity index (χ4v) is 5.04. The molecule has 0 heterocycles. The van der Waals surface area contributed by atoms with Gasteiger partial charge in [0.1, 0.15) is 0 Å². The standard InChI is InChI=1S/C17H16Br3Cl/c1-12-5-6-13(16(21)7-12)9-17(10-18,11-19)14-3-2-4-15(20)8-14/h2-8H,9-11H2,1H3. The van der Waals surface area contributed by atoms with Crippen LogP contribution < -0.4 is 0 Å². The Kier molecular flexibility index (Phi) is 6.37. The van der Waals surface area contributed by atoms with Crippen LogP contribution in [0.5, 0.6) is 0 Å². The van der Waals surface area contributed by atoms with E-state index in [1.165, 1.54) is 16.7 Å². The van der Waals surface area contributed by atoms with Gasteiger partial charge in [0.2, 0.25) is 0 Å². The molecule has 0 fully saturated rings. The van der Waals surface area contributed by atoms with Crippen LogP contribution in [0.15, 0.2) is 46.9 Å². The molecule has 0 radical (unpaired) electrons. The molecule has 0 unspecified atom stereocenters. The molecule has 0 aliphatic heterocycles. The SMILES string of the molecule is Cc1ccc(CC(CBr)(CBr)c2cccc(Br)c2)c(Cl)c1. The summed E-state index contributed by atoms with van der Waals surface area (Å²) in [5.74, 6) is 0. The molecule has 4 heteroatoms. The fourth-order valence-electron chi connectivity index (χ4n) is 2.37. The van der Waals surface area contributed by atoms with Crippen molar-refractivity contribution >= 4 is 59.4 Å². The summed E-state index contributed by atoms with van der Waals surface area (Å²) in [7, 11) is 0. The van der Waals surface area contributed by atoms with Crippen molar-refractivity contribution in [1.82, 2.24) is 0 Å². The Morgan fingerprint density at radius 1 is 1.05 bits per heavy atom. The van der Waals surface area contributed by atoms with Crippen molar-refractivity contribution in [2.45, 2.75) is 18.8 Å². The minimum atomic E-state index is -0.0251. The molecule has 0 bridgehead atoms. The number of rotatable bonds is 5. The third kappa shape index (κ3) is 4.13. The van der Waals surface area contributed by atoms with Gasteiger partial charge in [-0.1, -0.05) is 83.7 Å². The highest BCUT2D eigenvalue weighted by Crippen LogP contribution is 2.36. The quantitative estimate of drug-likeness (QED) is 0.406. The lowest BCUT2D eigenvalue weighted by atomic mass is 9.79. The van der Waals surface area contributed by atoms with Crippen LogP contribution in [0.4, 0.5) is 0 Å². The van der Waals surface area contributed by atoms with Crippen LogP contribution in [0, 0.1) is 6.92 Å². The molecule has 0 saturated carbocycles. The number of hydrogen-bond acceptors (Lipinski definition) is 0. The van der Waals surface area contributed by atoms with Gasteiger partial charge in [-0.2, -0.15) is 0 Å². The predicted octanol–water partition coefficient (Wildman–Crippen LogP) is 6.68. The van der Waals surface area contributed by atoms with Crippen molar-refractivity contribution in [3.8, 4) is 0 Å². The van der Waals surface area contributed by atoms with Gasteiger partial charge in [-0.25, -0.2) is 0 Å². The maximum Gasteiger partial charge on any atom is 0.0440 e. The summed E-state index contributed by atoms with van der Waals surface area (Å²) < 4.78 is 1.10. The number of halogens is 4. The molecule has 0 atom stereocenters. The molecule has 0 aliphatic rings. The van der Waals surface area contributed by atoms with Crippen molar-refractivity contribution in [3.63, 3.8) is 0 Å². The topological polar surface area (TPSA) is 0 Å². The number of aryl methyl sites for hydroxylation is 1. The lowest BCUT2D eigenvalue weighted by Crippen LogP contribution is -2.33. The number of benzene rings is 2. The van der Waals surface area contributed by atoms with Crippen LogP contribution in [-0.4, -0.2) is 10.7 Å². The van der Waals surface area contributed by atoms with Gasteiger partial charge in [-0.3, -0.25) is 0 Å². The maximum atomic E-state index is 6.43. The molecule has 0 aromatic heterocycles. The summed E-state index contributed by atoms with van der Waals surface area (Å²) in [4.78, 5) is 0. The van der Waals surface area contributed by atoms with E-state index >= 15 is 0 Å². The molecule has 0 nitrogen and oxygen atoms in total. The van der Waals surface area contributed by atoms with Crippen LogP contribution in [0.25, 0.3) is 0 Å². The molecular weight excluding hydrogens is 479 g/mol. The first-order valence-electron chi connectivity index (χ1n) is 6.64. The van der Waals surface area contributed by atoms with Gasteiger partial charge >= 0.3 is 0 Å². The third-order valence-electron chi connectivity index (χ3n) is 3.69. The van der Waals surface area contributed by atoms with Crippen LogP contribution in [-0.2, 0) is 11.8 Å². The van der Waals surface area contributed by atoms with E-state index in [2.05, 4.69) is 91.1 Å². The Morgan fingerprint density at radius 3 is 2.33 bits per heavy atom. The van der Waals surface area contributed by atoms with E-state index in [0.29, 0.717) is 0 Å². The number of hydrogen-bond donors (Lipinski definition) is 0. The predicted molar refractivity (Wildman–Crippen MR) is 103 cm³/mol. The fraction of sp³-hybridized carbons (Fsp3) is 0.294. The monoisotopic (exact) mass is 492 g/mol. The minimum Gasteiger partial charge on any atom is -0.0918 e. The van der Waals surface area contributed by atoms with Gasteiger partial charge in [-0.05, 0) is 48.2 Å². The largest absolute Gasteiger partial charge is 0.0918 e. The van der Waals surface area contributed by atoms with E-state index < -0.39 is 0 Å². The molecule has 21 heavy (non-hydrogen) atoms. The zero-order chi connectivity index (χ0) is 15.5. The van der Waals surface area contributed by atoms with Crippen molar-refractivity contribution in [1.29, 1.82) is 0 Å². The molecule has 112 valence electrons. The van der Waals surface area contributed by atoms with Gasteiger partial charge in [0.25, 0.3) is 0 Å². The summed E-state index contributed by atoms with van der Waals surface area (Å²) in [6.45, 7) is 2.06. The smallest absolute Gasteiger partial charge is 0.0440 e. The third-order valence-corrected chi connectivity index (χ3v) is 6.68. The van der Waals surface area contributed by atoms with Crippen molar-refractivity contribution < 1.29 is 0 Å². The van der Waals surface area contributed by atoms with Gasteiger partial charge in [0.15, 0.2) is 0 Å². The Hall–Kier alpha value is 0.170. The average Bonchev–Trinajstić information content (AvgIpc) is 2.47.